The van der Waals surface area contributed by atoms with Gasteiger partial charge in [0.25, 0.3) is 0 Å². The quantitative estimate of drug-likeness (QED) is 0.888. The fourth-order valence-corrected chi connectivity index (χ4v) is 3.31. The van der Waals surface area contributed by atoms with Crippen LogP contribution in [0.1, 0.15) is 32.1 Å². The smallest absolute Gasteiger partial charge is 0.134 e. The first-order valence-electron chi connectivity index (χ1n) is 8.41. The maximum Gasteiger partial charge on any atom is 0.134 e. The predicted molar refractivity (Wildman–Crippen MR) is 86.4 cm³/mol. The Morgan fingerprint density at radius 3 is 2.55 bits per heavy atom. The summed E-state index contributed by atoms with van der Waals surface area (Å²) in [7, 11) is 0. The highest BCUT2D eigenvalue weighted by Crippen LogP contribution is 2.24. The summed E-state index contributed by atoms with van der Waals surface area (Å²) in [6.45, 7) is 4.55. The van der Waals surface area contributed by atoms with Crippen LogP contribution < -0.4 is 9.80 Å². The van der Waals surface area contributed by atoms with Crippen molar-refractivity contribution >= 4 is 11.6 Å². The summed E-state index contributed by atoms with van der Waals surface area (Å²) in [4.78, 5) is 13.5. The third kappa shape index (κ3) is 3.87. The molecule has 2 saturated heterocycles. The largest absolute Gasteiger partial charge is 0.394 e. The van der Waals surface area contributed by atoms with E-state index in [2.05, 4.69) is 25.8 Å². The van der Waals surface area contributed by atoms with E-state index in [1.165, 1.54) is 19.3 Å². The number of rotatable bonds is 5. The van der Waals surface area contributed by atoms with Gasteiger partial charge in [0.05, 0.1) is 19.3 Å². The Bertz CT molecular complexity index is 465. The molecule has 1 aromatic heterocycles. The van der Waals surface area contributed by atoms with Gasteiger partial charge in [0.1, 0.15) is 18.0 Å². The zero-order chi connectivity index (χ0) is 15.2. The molecule has 2 aliphatic rings. The monoisotopic (exact) mass is 306 g/mol. The van der Waals surface area contributed by atoms with Gasteiger partial charge in [0, 0.05) is 32.2 Å². The average Bonchev–Trinajstić information content (AvgIpc) is 2.61. The molecule has 0 amide bonds. The molecule has 0 aromatic carbocycles. The first-order valence-corrected chi connectivity index (χ1v) is 8.41. The molecule has 0 radical (unpaired) electrons. The van der Waals surface area contributed by atoms with Gasteiger partial charge in [-0.25, -0.2) is 9.97 Å². The van der Waals surface area contributed by atoms with E-state index >= 15 is 0 Å². The molecule has 1 atom stereocenters. The van der Waals surface area contributed by atoms with E-state index in [-0.39, 0.29) is 12.7 Å². The lowest BCUT2D eigenvalue weighted by Gasteiger charge is -2.34. The summed E-state index contributed by atoms with van der Waals surface area (Å²) < 4.78 is 5.68. The summed E-state index contributed by atoms with van der Waals surface area (Å²) in [6, 6.07) is 2.11. The van der Waals surface area contributed by atoms with E-state index in [4.69, 9.17) is 9.84 Å². The van der Waals surface area contributed by atoms with E-state index < -0.39 is 0 Å². The van der Waals surface area contributed by atoms with Gasteiger partial charge in [-0.2, -0.15) is 0 Å². The Balaban J connectivity index is 1.65. The van der Waals surface area contributed by atoms with E-state index in [9.17, 15) is 0 Å². The van der Waals surface area contributed by atoms with Crippen molar-refractivity contribution in [3.05, 3.63) is 12.4 Å². The van der Waals surface area contributed by atoms with Crippen molar-refractivity contribution in [2.45, 2.75) is 38.2 Å². The number of hydrogen-bond acceptors (Lipinski definition) is 6. The minimum Gasteiger partial charge on any atom is -0.394 e. The molecule has 3 heterocycles. The number of hydrogen-bond donors (Lipinski definition) is 1. The second-order valence-corrected chi connectivity index (χ2v) is 6.09. The van der Waals surface area contributed by atoms with Crippen LogP contribution >= 0.6 is 0 Å². The van der Waals surface area contributed by atoms with Crippen molar-refractivity contribution in [2.75, 3.05) is 49.2 Å². The molecule has 22 heavy (non-hydrogen) atoms. The number of aromatic nitrogens is 2. The van der Waals surface area contributed by atoms with Gasteiger partial charge in [0.2, 0.25) is 0 Å². The second kappa shape index (κ2) is 7.74. The van der Waals surface area contributed by atoms with Crippen LogP contribution in [-0.4, -0.2) is 60.6 Å². The third-order valence-corrected chi connectivity index (χ3v) is 4.47. The Labute approximate surface area is 132 Å². The summed E-state index contributed by atoms with van der Waals surface area (Å²) in [6.07, 6.45) is 7.84. The highest BCUT2D eigenvalue weighted by Gasteiger charge is 2.22. The molecule has 0 bridgehead atoms. The van der Waals surface area contributed by atoms with Crippen LogP contribution in [0.25, 0.3) is 0 Å². The van der Waals surface area contributed by atoms with Gasteiger partial charge in [-0.3, -0.25) is 0 Å². The van der Waals surface area contributed by atoms with E-state index in [0.29, 0.717) is 6.61 Å². The number of anilines is 2. The van der Waals surface area contributed by atoms with Gasteiger partial charge in [0.15, 0.2) is 0 Å². The van der Waals surface area contributed by atoms with Crippen LogP contribution in [0.5, 0.6) is 0 Å². The van der Waals surface area contributed by atoms with Gasteiger partial charge in [-0.05, 0) is 32.1 Å². The molecule has 2 aliphatic heterocycles. The second-order valence-electron chi connectivity index (χ2n) is 6.09. The fraction of sp³-hybridized carbons (Fsp3) is 0.750. The van der Waals surface area contributed by atoms with Crippen LogP contribution in [-0.2, 0) is 4.74 Å². The maximum atomic E-state index is 8.90. The lowest BCUT2D eigenvalue weighted by Crippen LogP contribution is -2.40. The van der Waals surface area contributed by atoms with Crippen molar-refractivity contribution in [2.24, 2.45) is 0 Å². The summed E-state index contributed by atoms with van der Waals surface area (Å²) >= 11 is 0. The molecule has 122 valence electrons. The molecule has 0 aliphatic carbocycles. The van der Waals surface area contributed by atoms with Crippen LogP contribution in [0.2, 0.25) is 0 Å². The number of ether oxygens (including phenoxy) is 1. The van der Waals surface area contributed by atoms with Gasteiger partial charge in [-0.1, -0.05) is 0 Å². The minimum atomic E-state index is 0.0864. The van der Waals surface area contributed by atoms with Gasteiger partial charge in [-0.15, -0.1) is 0 Å². The topological polar surface area (TPSA) is 61.7 Å². The average molecular weight is 306 g/mol. The van der Waals surface area contributed by atoms with Gasteiger partial charge >= 0.3 is 0 Å². The zero-order valence-corrected chi connectivity index (χ0v) is 13.2. The summed E-state index contributed by atoms with van der Waals surface area (Å²) in [5.41, 5.74) is 0. The minimum absolute atomic E-state index is 0.0864. The van der Waals surface area contributed by atoms with Crippen LogP contribution in [0.15, 0.2) is 12.4 Å². The van der Waals surface area contributed by atoms with Crippen molar-refractivity contribution in [1.82, 2.24) is 9.97 Å². The van der Waals surface area contributed by atoms with Crippen molar-refractivity contribution in [3.8, 4) is 0 Å². The number of aliphatic hydroxyl groups is 1. The maximum absolute atomic E-state index is 8.90. The number of nitrogens with zero attached hydrogens (tertiary/aromatic N) is 4. The number of piperidine rings is 2. The Hall–Kier alpha value is -1.40. The van der Waals surface area contributed by atoms with Gasteiger partial charge < -0.3 is 19.6 Å². The Morgan fingerprint density at radius 2 is 1.77 bits per heavy atom. The van der Waals surface area contributed by atoms with Crippen LogP contribution in [0, 0.1) is 0 Å². The van der Waals surface area contributed by atoms with E-state index in [1.807, 2.05) is 0 Å². The molecular weight excluding hydrogens is 280 g/mol. The third-order valence-electron chi connectivity index (χ3n) is 4.47. The normalized spacial score (nSPS) is 22.9. The first kappa shape index (κ1) is 15.5. The molecule has 0 saturated carbocycles. The molecule has 0 spiro atoms. The van der Waals surface area contributed by atoms with Crippen molar-refractivity contribution in [1.29, 1.82) is 0 Å². The Kier molecular flexibility index (Phi) is 5.45. The highest BCUT2D eigenvalue weighted by atomic mass is 16.5. The Morgan fingerprint density at radius 1 is 1.05 bits per heavy atom. The summed E-state index contributed by atoms with van der Waals surface area (Å²) in [5.74, 6) is 2.04. The molecular formula is C16H26N4O2. The molecule has 1 aromatic rings. The van der Waals surface area contributed by atoms with Crippen molar-refractivity contribution in [3.63, 3.8) is 0 Å². The standard InChI is InChI=1S/C16H26N4O2/c21-9-10-22-14-5-4-8-20(12-14)16-11-15(17-13-18-16)19-6-2-1-3-7-19/h11,13-14,21H,1-10,12H2. The van der Waals surface area contributed by atoms with Crippen molar-refractivity contribution < 1.29 is 9.84 Å². The lowest BCUT2D eigenvalue weighted by molar-refractivity contribution is 0.0213. The van der Waals surface area contributed by atoms with Crippen LogP contribution in [0.3, 0.4) is 0 Å². The molecule has 1 N–H and O–H groups in total. The first-order chi connectivity index (χ1) is 10.9. The predicted octanol–water partition coefficient (Wildman–Crippen LogP) is 1.44. The molecule has 6 heteroatoms. The molecule has 2 fully saturated rings. The highest BCUT2D eigenvalue weighted by molar-refractivity contribution is 5.50. The zero-order valence-electron chi connectivity index (χ0n) is 13.2. The molecule has 3 rings (SSSR count). The van der Waals surface area contributed by atoms with E-state index in [1.54, 1.807) is 6.33 Å². The SMILES string of the molecule is OCCOC1CCCN(c2cc(N3CCCCC3)ncn2)C1. The number of aliphatic hydroxyl groups excluding tert-OH is 1. The van der Waals surface area contributed by atoms with E-state index in [0.717, 1.165) is 50.7 Å². The van der Waals surface area contributed by atoms with Crippen LogP contribution in [0.4, 0.5) is 11.6 Å². The molecule has 6 nitrogen and oxygen atoms in total. The summed E-state index contributed by atoms with van der Waals surface area (Å²) in [5, 5.41) is 8.90. The molecule has 1 unspecified atom stereocenters. The lowest BCUT2D eigenvalue weighted by atomic mass is 10.1. The fourth-order valence-electron chi connectivity index (χ4n) is 3.31.